The van der Waals surface area contributed by atoms with Crippen LogP contribution in [0.1, 0.15) is 42.0 Å². The average molecular weight is 252 g/mol. The summed E-state index contributed by atoms with van der Waals surface area (Å²) in [6.07, 6.45) is 1.15. The SMILES string of the molecule is COc1cc(C)c(C(C)(O)CCCO)c(C)c1C. The average Bonchev–Trinajstić information content (AvgIpc) is 2.31. The highest BCUT2D eigenvalue weighted by atomic mass is 16.5. The van der Waals surface area contributed by atoms with Crippen molar-refractivity contribution in [3.63, 3.8) is 0 Å². The van der Waals surface area contributed by atoms with Gasteiger partial charge in [-0.3, -0.25) is 0 Å². The van der Waals surface area contributed by atoms with Gasteiger partial charge in [0.2, 0.25) is 0 Å². The first kappa shape index (κ1) is 15.0. The predicted octanol–water partition coefficient (Wildman–Crippen LogP) is 2.60. The second kappa shape index (κ2) is 5.72. The Morgan fingerprint density at radius 2 is 1.83 bits per heavy atom. The minimum absolute atomic E-state index is 0.101. The topological polar surface area (TPSA) is 49.7 Å². The Morgan fingerprint density at radius 3 is 2.33 bits per heavy atom. The summed E-state index contributed by atoms with van der Waals surface area (Å²) < 4.78 is 5.33. The molecule has 0 spiro atoms. The van der Waals surface area contributed by atoms with Gasteiger partial charge in [-0.05, 0) is 68.9 Å². The molecule has 3 nitrogen and oxygen atoms in total. The summed E-state index contributed by atoms with van der Waals surface area (Å²) in [5.41, 5.74) is 3.19. The molecule has 0 radical (unpaired) electrons. The minimum Gasteiger partial charge on any atom is -0.496 e. The van der Waals surface area contributed by atoms with Crippen molar-refractivity contribution in [3.8, 4) is 5.75 Å². The summed E-state index contributed by atoms with van der Waals surface area (Å²) in [6, 6.07) is 1.96. The molecule has 1 rings (SSSR count). The second-order valence-electron chi connectivity index (χ2n) is 5.12. The van der Waals surface area contributed by atoms with Crippen molar-refractivity contribution in [2.24, 2.45) is 0 Å². The molecule has 0 saturated carbocycles. The summed E-state index contributed by atoms with van der Waals surface area (Å²) >= 11 is 0. The number of rotatable bonds is 5. The molecular weight excluding hydrogens is 228 g/mol. The molecule has 0 bridgehead atoms. The normalized spacial score (nSPS) is 14.4. The lowest BCUT2D eigenvalue weighted by Gasteiger charge is -2.29. The van der Waals surface area contributed by atoms with Gasteiger partial charge in [-0.25, -0.2) is 0 Å². The molecule has 0 fully saturated rings. The van der Waals surface area contributed by atoms with E-state index in [0.717, 1.165) is 28.0 Å². The summed E-state index contributed by atoms with van der Waals surface area (Å²) in [6.45, 7) is 7.90. The summed E-state index contributed by atoms with van der Waals surface area (Å²) in [7, 11) is 1.66. The zero-order valence-corrected chi connectivity index (χ0v) is 12.0. The van der Waals surface area contributed by atoms with Crippen LogP contribution in [0.5, 0.6) is 5.75 Å². The molecule has 2 N–H and O–H groups in total. The van der Waals surface area contributed by atoms with E-state index in [1.54, 1.807) is 7.11 Å². The maximum absolute atomic E-state index is 10.6. The van der Waals surface area contributed by atoms with Gasteiger partial charge in [0, 0.05) is 6.61 Å². The Bertz CT molecular complexity index is 422. The van der Waals surface area contributed by atoms with Crippen molar-refractivity contribution >= 4 is 0 Å². The maximum Gasteiger partial charge on any atom is 0.122 e. The van der Waals surface area contributed by atoms with E-state index >= 15 is 0 Å². The van der Waals surface area contributed by atoms with Crippen LogP contribution < -0.4 is 4.74 Å². The Kier molecular flexibility index (Phi) is 4.77. The van der Waals surface area contributed by atoms with Gasteiger partial charge in [0.25, 0.3) is 0 Å². The predicted molar refractivity (Wildman–Crippen MR) is 73.1 cm³/mol. The zero-order chi connectivity index (χ0) is 13.9. The Labute approximate surface area is 109 Å². The molecule has 1 atom stereocenters. The highest BCUT2D eigenvalue weighted by Gasteiger charge is 2.27. The lowest BCUT2D eigenvalue weighted by atomic mass is 9.83. The monoisotopic (exact) mass is 252 g/mol. The van der Waals surface area contributed by atoms with E-state index in [9.17, 15) is 5.11 Å². The number of hydrogen-bond donors (Lipinski definition) is 2. The number of benzene rings is 1. The molecule has 1 unspecified atom stereocenters. The fourth-order valence-corrected chi connectivity index (χ4v) is 2.63. The van der Waals surface area contributed by atoms with Crippen LogP contribution in [0.2, 0.25) is 0 Å². The quantitative estimate of drug-likeness (QED) is 0.847. The van der Waals surface area contributed by atoms with E-state index in [0.29, 0.717) is 12.8 Å². The first-order valence-corrected chi connectivity index (χ1v) is 6.33. The van der Waals surface area contributed by atoms with Gasteiger partial charge in [-0.15, -0.1) is 0 Å². The van der Waals surface area contributed by atoms with E-state index in [4.69, 9.17) is 9.84 Å². The van der Waals surface area contributed by atoms with Gasteiger partial charge in [-0.1, -0.05) is 0 Å². The molecule has 3 heteroatoms. The van der Waals surface area contributed by atoms with Crippen molar-refractivity contribution in [1.29, 1.82) is 0 Å². The molecule has 102 valence electrons. The Hall–Kier alpha value is -1.06. The maximum atomic E-state index is 10.6. The summed E-state index contributed by atoms with van der Waals surface area (Å²) in [4.78, 5) is 0. The molecule has 1 aromatic carbocycles. The molecule has 18 heavy (non-hydrogen) atoms. The van der Waals surface area contributed by atoms with Crippen molar-refractivity contribution in [2.45, 2.75) is 46.1 Å². The molecule has 0 aliphatic carbocycles. The third-order valence-electron chi connectivity index (χ3n) is 3.63. The van der Waals surface area contributed by atoms with Gasteiger partial charge in [0.05, 0.1) is 12.7 Å². The third-order valence-corrected chi connectivity index (χ3v) is 3.63. The van der Waals surface area contributed by atoms with Crippen molar-refractivity contribution < 1.29 is 14.9 Å². The smallest absolute Gasteiger partial charge is 0.122 e. The van der Waals surface area contributed by atoms with Crippen LogP contribution in [-0.4, -0.2) is 23.9 Å². The van der Waals surface area contributed by atoms with Gasteiger partial charge in [0.1, 0.15) is 5.75 Å². The van der Waals surface area contributed by atoms with Gasteiger partial charge in [-0.2, -0.15) is 0 Å². The van der Waals surface area contributed by atoms with Gasteiger partial charge >= 0.3 is 0 Å². The van der Waals surface area contributed by atoms with Crippen LogP contribution >= 0.6 is 0 Å². The molecule has 0 aliphatic heterocycles. The van der Waals surface area contributed by atoms with Crippen LogP contribution in [0, 0.1) is 20.8 Å². The van der Waals surface area contributed by atoms with Crippen molar-refractivity contribution in [2.75, 3.05) is 13.7 Å². The van der Waals surface area contributed by atoms with Crippen LogP contribution in [0.25, 0.3) is 0 Å². The van der Waals surface area contributed by atoms with E-state index < -0.39 is 5.60 Å². The van der Waals surface area contributed by atoms with E-state index in [1.807, 2.05) is 33.8 Å². The summed E-state index contributed by atoms with van der Waals surface area (Å²) in [5.74, 6) is 0.853. The van der Waals surface area contributed by atoms with Crippen LogP contribution in [0.15, 0.2) is 6.07 Å². The van der Waals surface area contributed by atoms with Gasteiger partial charge < -0.3 is 14.9 Å². The van der Waals surface area contributed by atoms with Crippen LogP contribution in [0.4, 0.5) is 0 Å². The van der Waals surface area contributed by atoms with E-state index in [1.165, 1.54) is 0 Å². The standard InChI is InChI=1S/C15H24O3/c1-10-9-13(18-5)11(2)12(3)14(10)15(4,17)7-6-8-16/h9,16-17H,6-8H2,1-5H3. The number of methoxy groups -OCH3 is 1. The molecule has 1 aromatic rings. The van der Waals surface area contributed by atoms with Crippen molar-refractivity contribution in [3.05, 3.63) is 28.3 Å². The largest absolute Gasteiger partial charge is 0.496 e. The van der Waals surface area contributed by atoms with Crippen LogP contribution in [-0.2, 0) is 5.60 Å². The summed E-state index contributed by atoms with van der Waals surface area (Å²) in [5, 5.41) is 19.5. The first-order valence-electron chi connectivity index (χ1n) is 6.33. The molecule has 0 amide bonds. The third kappa shape index (κ3) is 2.85. The minimum atomic E-state index is -0.909. The fraction of sp³-hybridized carbons (Fsp3) is 0.600. The molecule has 0 heterocycles. The highest BCUT2D eigenvalue weighted by molar-refractivity contribution is 5.50. The molecular formula is C15H24O3. The Morgan fingerprint density at radius 1 is 1.22 bits per heavy atom. The van der Waals surface area contributed by atoms with Crippen molar-refractivity contribution in [1.82, 2.24) is 0 Å². The van der Waals surface area contributed by atoms with Crippen LogP contribution in [0.3, 0.4) is 0 Å². The number of aliphatic hydroxyl groups excluding tert-OH is 1. The van der Waals surface area contributed by atoms with E-state index in [2.05, 4.69) is 0 Å². The molecule has 0 aliphatic rings. The molecule has 0 saturated heterocycles. The lowest BCUT2D eigenvalue weighted by Crippen LogP contribution is -2.24. The van der Waals surface area contributed by atoms with E-state index in [-0.39, 0.29) is 6.61 Å². The van der Waals surface area contributed by atoms with Gasteiger partial charge in [0.15, 0.2) is 0 Å². The first-order chi connectivity index (χ1) is 8.35. The fourth-order valence-electron chi connectivity index (χ4n) is 2.63. The zero-order valence-electron chi connectivity index (χ0n) is 12.0. The highest BCUT2D eigenvalue weighted by Crippen LogP contribution is 2.36. The number of ether oxygens (including phenoxy) is 1. The Balaban J connectivity index is 3.28. The number of aryl methyl sites for hydroxylation is 1. The number of aliphatic hydroxyl groups is 2. The lowest BCUT2D eigenvalue weighted by molar-refractivity contribution is 0.0390. The number of hydrogen-bond acceptors (Lipinski definition) is 3. The second-order valence-corrected chi connectivity index (χ2v) is 5.12. The molecule has 0 aromatic heterocycles.